The summed E-state index contributed by atoms with van der Waals surface area (Å²) in [6.45, 7) is 0.314. The molecule has 0 spiro atoms. The van der Waals surface area contributed by atoms with Crippen LogP contribution in [0.5, 0.6) is 0 Å². The molecule has 3 rings (SSSR count). The van der Waals surface area contributed by atoms with Crippen molar-refractivity contribution >= 4 is 17.3 Å². The fourth-order valence-corrected chi connectivity index (χ4v) is 2.73. The predicted molar refractivity (Wildman–Crippen MR) is 109 cm³/mol. The van der Waals surface area contributed by atoms with E-state index in [0.29, 0.717) is 17.9 Å². The van der Waals surface area contributed by atoms with Gasteiger partial charge in [0.1, 0.15) is 12.4 Å². The number of hydrogen-bond donors (Lipinski definition) is 0. The zero-order valence-electron chi connectivity index (χ0n) is 15.5. The maximum Gasteiger partial charge on any atom is 0.170 e. The van der Waals surface area contributed by atoms with E-state index in [1.54, 1.807) is 24.3 Å². The Morgan fingerprint density at radius 3 is 1.82 bits per heavy atom. The van der Waals surface area contributed by atoms with Crippen molar-refractivity contribution in [2.24, 2.45) is 5.16 Å². The lowest BCUT2D eigenvalue weighted by Gasteiger charge is -2.07. The average Bonchev–Trinajstić information content (AvgIpc) is 2.75. The Hall–Kier alpha value is -3.53. The molecule has 0 saturated carbocycles. The second-order valence-electron chi connectivity index (χ2n) is 6.34. The van der Waals surface area contributed by atoms with Gasteiger partial charge in [-0.25, -0.2) is 0 Å². The van der Waals surface area contributed by atoms with E-state index in [0.717, 1.165) is 11.1 Å². The molecule has 0 radical (unpaired) electrons. The van der Waals surface area contributed by atoms with Crippen LogP contribution >= 0.6 is 0 Å². The molecule has 4 heteroatoms. The summed E-state index contributed by atoms with van der Waals surface area (Å²) in [5.74, 6) is -0.386. The highest BCUT2D eigenvalue weighted by Gasteiger charge is 2.16. The number of carbonyl (C=O) groups is 2. The van der Waals surface area contributed by atoms with Gasteiger partial charge in [0.2, 0.25) is 0 Å². The molecule has 0 bridgehead atoms. The molecule has 4 nitrogen and oxygen atoms in total. The molecular formula is C24H21NO3. The Labute approximate surface area is 164 Å². The summed E-state index contributed by atoms with van der Waals surface area (Å²) >= 11 is 0. The zero-order chi connectivity index (χ0) is 19.6. The monoisotopic (exact) mass is 371 g/mol. The standard InChI is InChI=1S/C24H21NO3/c26-22(17-24(27)21-14-8-3-9-15-21)16-23(20-12-6-2-7-13-20)25-28-18-19-10-4-1-5-11-19/h1-15H,16-18H2. The first-order valence-electron chi connectivity index (χ1n) is 9.10. The highest BCUT2D eigenvalue weighted by molar-refractivity contribution is 6.16. The Bertz CT molecular complexity index is 935. The van der Waals surface area contributed by atoms with Crippen LogP contribution < -0.4 is 0 Å². The smallest absolute Gasteiger partial charge is 0.170 e. The second-order valence-corrected chi connectivity index (χ2v) is 6.34. The lowest BCUT2D eigenvalue weighted by atomic mass is 10.00. The molecule has 0 atom stereocenters. The molecule has 0 unspecified atom stereocenters. The third-order valence-electron chi connectivity index (χ3n) is 4.17. The van der Waals surface area contributed by atoms with Gasteiger partial charge in [-0.15, -0.1) is 0 Å². The van der Waals surface area contributed by atoms with Gasteiger partial charge in [-0.1, -0.05) is 96.2 Å². The van der Waals surface area contributed by atoms with Crippen molar-refractivity contribution in [2.75, 3.05) is 0 Å². The van der Waals surface area contributed by atoms with E-state index in [9.17, 15) is 9.59 Å². The molecule has 0 N–H and O–H groups in total. The lowest BCUT2D eigenvalue weighted by Crippen LogP contribution is -2.14. The number of carbonyl (C=O) groups excluding carboxylic acids is 2. The zero-order valence-corrected chi connectivity index (χ0v) is 15.5. The SMILES string of the molecule is O=C(CC(=O)c1ccccc1)CC(=NOCc1ccccc1)c1ccccc1. The molecule has 0 aromatic heterocycles. The van der Waals surface area contributed by atoms with Gasteiger partial charge in [-0.05, 0) is 11.1 Å². The van der Waals surface area contributed by atoms with Crippen molar-refractivity contribution in [3.8, 4) is 0 Å². The molecule has 0 aliphatic carbocycles. The number of Topliss-reactive ketones (excluding diaryl/α,β-unsaturated/α-hetero) is 2. The Morgan fingerprint density at radius 1 is 0.679 bits per heavy atom. The fourth-order valence-electron chi connectivity index (χ4n) is 2.73. The highest BCUT2D eigenvalue weighted by atomic mass is 16.6. The largest absolute Gasteiger partial charge is 0.391 e. The molecule has 0 aliphatic rings. The third kappa shape index (κ3) is 5.74. The Kier molecular flexibility index (Phi) is 6.85. The molecule has 0 aliphatic heterocycles. The van der Waals surface area contributed by atoms with Crippen LogP contribution in [0.15, 0.2) is 96.2 Å². The minimum atomic E-state index is -0.195. The van der Waals surface area contributed by atoms with E-state index < -0.39 is 0 Å². The van der Waals surface area contributed by atoms with Crippen LogP contribution in [0.4, 0.5) is 0 Å². The minimum Gasteiger partial charge on any atom is -0.391 e. The van der Waals surface area contributed by atoms with Crippen LogP contribution in [0.25, 0.3) is 0 Å². The Morgan fingerprint density at radius 2 is 1.21 bits per heavy atom. The van der Waals surface area contributed by atoms with Gasteiger partial charge in [0.05, 0.1) is 18.6 Å². The summed E-state index contributed by atoms with van der Waals surface area (Å²) in [5, 5.41) is 4.19. The number of benzene rings is 3. The van der Waals surface area contributed by atoms with E-state index in [-0.39, 0.29) is 24.4 Å². The van der Waals surface area contributed by atoms with E-state index in [2.05, 4.69) is 5.16 Å². The first-order valence-corrected chi connectivity index (χ1v) is 9.10. The van der Waals surface area contributed by atoms with Crippen LogP contribution in [-0.4, -0.2) is 17.3 Å². The van der Waals surface area contributed by atoms with E-state index >= 15 is 0 Å². The van der Waals surface area contributed by atoms with Crippen molar-refractivity contribution in [1.29, 1.82) is 0 Å². The number of nitrogens with zero attached hydrogens (tertiary/aromatic N) is 1. The summed E-state index contributed by atoms with van der Waals surface area (Å²) in [5.41, 5.74) is 2.84. The van der Waals surface area contributed by atoms with Crippen molar-refractivity contribution in [3.63, 3.8) is 0 Å². The molecular weight excluding hydrogens is 350 g/mol. The number of ketones is 2. The number of rotatable bonds is 9. The minimum absolute atomic E-state index is 0.0391. The van der Waals surface area contributed by atoms with Gasteiger partial charge in [0.15, 0.2) is 5.78 Å². The van der Waals surface area contributed by atoms with Crippen LogP contribution in [0.3, 0.4) is 0 Å². The summed E-state index contributed by atoms with van der Waals surface area (Å²) in [4.78, 5) is 30.2. The second kappa shape index (κ2) is 9.97. The van der Waals surface area contributed by atoms with Crippen molar-refractivity contribution in [3.05, 3.63) is 108 Å². The van der Waals surface area contributed by atoms with E-state index in [1.165, 1.54) is 0 Å². The third-order valence-corrected chi connectivity index (χ3v) is 4.17. The molecule has 0 fully saturated rings. The first-order chi connectivity index (χ1) is 13.7. The summed E-state index contributed by atoms with van der Waals surface area (Å²) in [6.07, 6.45) is -0.119. The normalized spacial score (nSPS) is 11.1. The summed E-state index contributed by atoms with van der Waals surface area (Å²) in [6, 6.07) is 27.9. The van der Waals surface area contributed by atoms with E-state index in [1.807, 2.05) is 66.7 Å². The van der Waals surface area contributed by atoms with Crippen LogP contribution in [-0.2, 0) is 16.2 Å². The summed E-state index contributed by atoms with van der Waals surface area (Å²) in [7, 11) is 0. The first kappa shape index (κ1) is 19.2. The van der Waals surface area contributed by atoms with Crippen molar-refractivity contribution < 1.29 is 14.4 Å². The molecule has 0 heterocycles. The number of hydrogen-bond acceptors (Lipinski definition) is 4. The van der Waals surface area contributed by atoms with Gasteiger partial charge in [-0.2, -0.15) is 0 Å². The predicted octanol–water partition coefficient (Wildman–Crippen LogP) is 4.84. The molecule has 3 aromatic rings. The molecule has 28 heavy (non-hydrogen) atoms. The van der Waals surface area contributed by atoms with Gasteiger partial charge in [-0.3, -0.25) is 9.59 Å². The maximum absolute atomic E-state index is 12.5. The van der Waals surface area contributed by atoms with Gasteiger partial charge in [0, 0.05) is 5.56 Å². The van der Waals surface area contributed by atoms with Gasteiger partial charge in [0.25, 0.3) is 0 Å². The topological polar surface area (TPSA) is 55.7 Å². The molecule has 0 saturated heterocycles. The van der Waals surface area contributed by atoms with Gasteiger partial charge >= 0.3 is 0 Å². The molecule has 0 amide bonds. The van der Waals surface area contributed by atoms with E-state index in [4.69, 9.17) is 4.84 Å². The fraction of sp³-hybridized carbons (Fsp3) is 0.125. The van der Waals surface area contributed by atoms with Crippen LogP contribution in [0, 0.1) is 0 Å². The summed E-state index contributed by atoms with van der Waals surface area (Å²) < 4.78 is 0. The molecule has 3 aromatic carbocycles. The van der Waals surface area contributed by atoms with Gasteiger partial charge < -0.3 is 4.84 Å². The van der Waals surface area contributed by atoms with Crippen molar-refractivity contribution in [2.45, 2.75) is 19.4 Å². The number of oxime groups is 1. The van der Waals surface area contributed by atoms with Crippen molar-refractivity contribution in [1.82, 2.24) is 0 Å². The molecule has 140 valence electrons. The quantitative estimate of drug-likeness (QED) is 0.234. The Balaban J connectivity index is 1.67. The average molecular weight is 371 g/mol. The van der Waals surface area contributed by atoms with Crippen LogP contribution in [0.2, 0.25) is 0 Å². The maximum atomic E-state index is 12.5. The highest BCUT2D eigenvalue weighted by Crippen LogP contribution is 2.11. The lowest BCUT2D eigenvalue weighted by molar-refractivity contribution is -0.117. The van der Waals surface area contributed by atoms with Crippen LogP contribution in [0.1, 0.15) is 34.3 Å².